The van der Waals surface area contributed by atoms with Crippen LogP contribution in [0.1, 0.15) is 35.0 Å². The SMILES string of the molecule is CCCN1CCN(C(=O)c2sccc2C#CCCO)CC1. The summed E-state index contributed by atoms with van der Waals surface area (Å²) in [5.41, 5.74) is 0.787. The maximum absolute atomic E-state index is 12.6. The number of piperazine rings is 1. The van der Waals surface area contributed by atoms with Crippen molar-refractivity contribution >= 4 is 17.2 Å². The van der Waals surface area contributed by atoms with Gasteiger partial charge in [0.25, 0.3) is 5.91 Å². The molecule has 0 aromatic carbocycles. The van der Waals surface area contributed by atoms with Gasteiger partial charge in [-0.25, -0.2) is 0 Å². The van der Waals surface area contributed by atoms with E-state index < -0.39 is 0 Å². The number of rotatable bonds is 4. The highest BCUT2D eigenvalue weighted by Crippen LogP contribution is 2.19. The number of carbonyl (C=O) groups excluding carboxylic acids is 1. The number of carbonyl (C=O) groups is 1. The number of thiophene rings is 1. The second-order valence-electron chi connectivity index (χ2n) is 5.07. The van der Waals surface area contributed by atoms with Gasteiger partial charge >= 0.3 is 0 Å². The molecule has 2 heterocycles. The van der Waals surface area contributed by atoms with E-state index in [-0.39, 0.29) is 12.5 Å². The van der Waals surface area contributed by atoms with Crippen LogP contribution in [0.3, 0.4) is 0 Å². The van der Waals surface area contributed by atoms with Crippen LogP contribution in [0.25, 0.3) is 0 Å². The molecule has 5 heteroatoms. The van der Waals surface area contributed by atoms with E-state index in [1.54, 1.807) is 0 Å². The third-order valence-corrected chi connectivity index (χ3v) is 4.42. The first-order valence-electron chi connectivity index (χ1n) is 7.45. The zero-order valence-electron chi connectivity index (χ0n) is 12.5. The van der Waals surface area contributed by atoms with E-state index in [1.807, 2.05) is 16.3 Å². The van der Waals surface area contributed by atoms with Gasteiger partial charge < -0.3 is 10.0 Å². The minimum Gasteiger partial charge on any atom is -0.395 e. The molecule has 0 spiro atoms. The number of aliphatic hydroxyl groups is 1. The fourth-order valence-electron chi connectivity index (χ4n) is 2.42. The molecule has 1 aromatic heterocycles. The molecule has 0 aliphatic carbocycles. The van der Waals surface area contributed by atoms with Crippen molar-refractivity contribution in [1.29, 1.82) is 0 Å². The molecule has 1 N–H and O–H groups in total. The van der Waals surface area contributed by atoms with Gasteiger partial charge in [0.15, 0.2) is 0 Å². The van der Waals surface area contributed by atoms with Crippen LogP contribution >= 0.6 is 11.3 Å². The first-order valence-corrected chi connectivity index (χ1v) is 8.33. The lowest BCUT2D eigenvalue weighted by atomic mass is 10.2. The predicted octanol–water partition coefficient (Wildman–Crippen LogP) is 1.65. The molecular formula is C16H22N2O2S. The van der Waals surface area contributed by atoms with E-state index in [0.717, 1.165) is 49.6 Å². The lowest BCUT2D eigenvalue weighted by Gasteiger charge is -2.34. The Labute approximate surface area is 130 Å². The number of nitrogens with zero attached hydrogens (tertiary/aromatic N) is 2. The number of aliphatic hydroxyl groups excluding tert-OH is 1. The molecule has 2 rings (SSSR count). The van der Waals surface area contributed by atoms with Crippen LogP contribution in [0.5, 0.6) is 0 Å². The van der Waals surface area contributed by atoms with Crippen LogP contribution in [-0.2, 0) is 0 Å². The molecule has 0 saturated carbocycles. The molecule has 1 amide bonds. The van der Waals surface area contributed by atoms with Crippen molar-refractivity contribution in [1.82, 2.24) is 9.80 Å². The molecule has 0 atom stereocenters. The average molecular weight is 306 g/mol. The smallest absolute Gasteiger partial charge is 0.265 e. The Balaban J connectivity index is 1.99. The Hall–Kier alpha value is -1.35. The van der Waals surface area contributed by atoms with Crippen molar-refractivity contribution in [3.63, 3.8) is 0 Å². The van der Waals surface area contributed by atoms with Gasteiger partial charge in [0, 0.05) is 38.2 Å². The standard InChI is InChI=1S/C16H22N2O2S/c1-2-7-17-8-10-18(11-9-17)16(20)15-14(6-13-21-15)5-3-4-12-19/h6,13,19H,2,4,7-12H2,1H3. The highest BCUT2D eigenvalue weighted by molar-refractivity contribution is 7.12. The van der Waals surface area contributed by atoms with Crippen LogP contribution in [0, 0.1) is 11.8 Å². The lowest BCUT2D eigenvalue weighted by molar-refractivity contribution is 0.0642. The van der Waals surface area contributed by atoms with Gasteiger partial charge in [-0.05, 0) is 24.4 Å². The Morgan fingerprint density at radius 1 is 1.38 bits per heavy atom. The van der Waals surface area contributed by atoms with Crippen molar-refractivity contribution in [2.45, 2.75) is 19.8 Å². The summed E-state index contributed by atoms with van der Waals surface area (Å²) in [6, 6.07) is 1.88. The molecule has 1 aliphatic rings. The Morgan fingerprint density at radius 2 is 2.14 bits per heavy atom. The molecular weight excluding hydrogens is 284 g/mol. The van der Waals surface area contributed by atoms with Crippen LogP contribution in [-0.4, -0.2) is 60.1 Å². The van der Waals surface area contributed by atoms with Gasteiger partial charge in [0.2, 0.25) is 0 Å². The number of hydrogen-bond donors (Lipinski definition) is 1. The van der Waals surface area contributed by atoms with Crippen molar-refractivity contribution < 1.29 is 9.90 Å². The summed E-state index contributed by atoms with van der Waals surface area (Å²) in [5, 5.41) is 10.7. The summed E-state index contributed by atoms with van der Waals surface area (Å²) in [5.74, 6) is 5.96. The van der Waals surface area contributed by atoms with E-state index in [2.05, 4.69) is 23.7 Å². The third-order valence-electron chi connectivity index (χ3n) is 3.52. The molecule has 114 valence electrons. The molecule has 1 fully saturated rings. The first-order chi connectivity index (χ1) is 10.3. The van der Waals surface area contributed by atoms with Crippen LogP contribution in [0.2, 0.25) is 0 Å². The zero-order chi connectivity index (χ0) is 15.1. The summed E-state index contributed by atoms with van der Waals surface area (Å²) >= 11 is 1.45. The van der Waals surface area contributed by atoms with Crippen molar-refractivity contribution in [2.75, 3.05) is 39.3 Å². The van der Waals surface area contributed by atoms with Gasteiger partial charge in [-0.15, -0.1) is 11.3 Å². The fourth-order valence-corrected chi connectivity index (χ4v) is 3.24. The summed E-state index contributed by atoms with van der Waals surface area (Å²) in [4.78, 5) is 17.6. The van der Waals surface area contributed by atoms with Gasteiger partial charge in [-0.3, -0.25) is 9.69 Å². The largest absolute Gasteiger partial charge is 0.395 e. The summed E-state index contributed by atoms with van der Waals surface area (Å²) < 4.78 is 0. The molecule has 1 aromatic rings. The number of hydrogen-bond acceptors (Lipinski definition) is 4. The maximum Gasteiger partial charge on any atom is 0.265 e. The highest BCUT2D eigenvalue weighted by Gasteiger charge is 2.23. The van der Waals surface area contributed by atoms with Gasteiger partial charge in [-0.2, -0.15) is 0 Å². The molecule has 0 unspecified atom stereocenters. The quantitative estimate of drug-likeness (QED) is 0.860. The van der Waals surface area contributed by atoms with Crippen LogP contribution in [0.4, 0.5) is 0 Å². The minimum absolute atomic E-state index is 0.0554. The molecule has 0 bridgehead atoms. The van der Waals surface area contributed by atoms with Crippen molar-refractivity contribution in [3.05, 3.63) is 21.9 Å². The van der Waals surface area contributed by atoms with Crippen LogP contribution in [0.15, 0.2) is 11.4 Å². The monoisotopic (exact) mass is 306 g/mol. The fraction of sp³-hybridized carbons (Fsp3) is 0.562. The van der Waals surface area contributed by atoms with Gasteiger partial charge in [0.1, 0.15) is 4.88 Å². The molecule has 1 saturated heterocycles. The van der Waals surface area contributed by atoms with E-state index in [1.165, 1.54) is 11.3 Å². The second kappa shape index (κ2) is 8.18. The topological polar surface area (TPSA) is 43.8 Å². The van der Waals surface area contributed by atoms with E-state index in [0.29, 0.717) is 6.42 Å². The first kappa shape index (κ1) is 16.0. The highest BCUT2D eigenvalue weighted by atomic mass is 32.1. The molecule has 0 radical (unpaired) electrons. The molecule has 21 heavy (non-hydrogen) atoms. The van der Waals surface area contributed by atoms with E-state index >= 15 is 0 Å². The Bertz CT molecular complexity index is 522. The average Bonchev–Trinajstić information content (AvgIpc) is 2.96. The van der Waals surface area contributed by atoms with Crippen molar-refractivity contribution in [2.24, 2.45) is 0 Å². The maximum atomic E-state index is 12.6. The second-order valence-corrected chi connectivity index (χ2v) is 5.99. The summed E-state index contributed by atoms with van der Waals surface area (Å²) in [6.45, 7) is 6.84. The lowest BCUT2D eigenvalue weighted by Crippen LogP contribution is -2.48. The Morgan fingerprint density at radius 3 is 2.81 bits per heavy atom. The predicted molar refractivity (Wildman–Crippen MR) is 85.5 cm³/mol. The third kappa shape index (κ3) is 4.31. The molecule has 1 aliphatic heterocycles. The van der Waals surface area contributed by atoms with Gasteiger partial charge in [-0.1, -0.05) is 18.8 Å². The van der Waals surface area contributed by atoms with E-state index in [9.17, 15) is 4.79 Å². The zero-order valence-corrected chi connectivity index (χ0v) is 13.3. The van der Waals surface area contributed by atoms with E-state index in [4.69, 9.17) is 5.11 Å². The van der Waals surface area contributed by atoms with Crippen LogP contribution < -0.4 is 0 Å². The summed E-state index contributed by atoms with van der Waals surface area (Å²) in [6.07, 6.45) is 1.60. The number of amides is 1. The summed E-state index contributed by atoms with van der Waals surface area (Å²) in [7, 11) is 0. The van der Waals surface area contributed by atoms with Gasteiger partial charge in [0.05, 0.1) is 6.61 Å². The molecule has 4 nitrogen and oxygen atoms in total. The Kier molecular flexibility index (Phi) is 6.24. The normalized spacial score (nSPS) is 15.6. The minimum atomic E-state index is 0.0554. The van der Waals surface area contributed by atoms with Crippen molar-refractivity contribution in [3.8, 4) is 11.8 Å².